The van der Waals surface area contributed by atoms with Crippen LogP contribution in [0.25, 0.3) is 0 Å². The lowest BCUT2D eigenvalue weighted by Gasteiger charge is -2.26. The van der Waals surface area contributed by atoms with Crippen LogP contribution in [0.5, 0.6) is 0 Å². The molecule has 0 bridgehead atoms. The zero-order valence-corrected chi connectivity index (χ0v) is 11.5. The maximum absolute atomic E-state index is 4.55. The molecule has 0 saturated carbocycles. The summed E-state index contributed by atoms with van der Waals surface area (Å²) in [6, 6.07) is 0. The fourth-order valence-electron chi connectivity index (χ4n) is 1.59. The van der Waals surface area contributed by atoms with Crippen LogP contribution in [0.3, 0.4) is 0 Å². The Bertz CT molecular complexity index is 329. The van der Waals surface area contributed by atoms with Gasteiger partial charge < -0.3 is 0 Å². The van der Waals surface area contributed by atoms with Crippen molar-refractivity contribution in [2.24, 2.45) is 0 Å². The fourth-order valence-corrected chi connectivity index (χ4v) is 1.59. The predicted octanol–water partition coefficient (Wildman–Crippen LogP) is 3.85. The molecule has 0 aliphatic carbocycles. The Morgan fingerprint density at radius 2 is 1.38 bits per heavy atom. The second kappa shape index (κ2) is 4.52. The standard InChI is InChI=1S/C14H24N2/c1-7-14(6,8-2)12-15-9-11(10-16-12)13(3,4)5/h9-10H,7-8H2,1-6H3. The van der Waals surface area contributed by atoms with Crippen LogP contribution in [0.4, 0.5) is 0 Å². The third-order valence-corrected chi connectivity index (χ3v) is 3.62. The quantitative estimate of drug-likeness (QED) is 0.773. The Morgan fingerprint density at radius 1 is 0.938 bits per heavy atom. The summed E-state index contributed by atoms with van der Waals surface area (Å²) in [5.74, 6) is 0.977. The molecule has 1 heterocycles. The summed E-state index contributed by atoms with van der Waals surface area (Å²) in [6.07, 6.45) is 6.12. The van der Waals surface area contributed by atoms with Crippen molar-refractivity contribution in [1.29, 1.82) is 0 Å². The Morgan fingerprint density at radius 3 is 1.69 bits per heavy atom. The predicted molar refractivity (Wildman–Crippen MR) is 68.7 cm³/mol. The molecule has 0 aliphatic heterocycles. The normalized spacial score (nSPS) is 12.9. The first kappa shape index (κ1) is 13.1. The van der Waals surface area contributed by atoms with Gasteiger partial charge in [-0.3, -0.25) is 0 Å². The van der Waals surface area contributed by atoms with Gasteiger partial charge in [0.15, 0.2) is 0 Å². The molecule has 0 amide bonds. The SMILES string of the molecule is CCC(C)(CC)c1ncc(C(C)(C)C)cn1. The van der Waals surface area contributed by atoms with Crippen molar-refractivity contribution in [2.75, 3.05) is 0 Å². The second-order valence-corrected chi connectivity index (χ2v) is 5.81. The highest BCUT2D eigenvalue weighted by Gasteiger charge is 2.26. The molecule has 0 unspecified atom stereocenters. The van der Waals surface area contributed by atoms with Gasteiger partial charge in [0.05, 0.1) is 0 Å². The van der Waals surface area contributed by atoms with Gasteiger partial charge in [-0.15, -0.1) is 0 Å². The molecule has 0 saturated heterocycles. The average Bonchev–Trinajstić information content (AvgIpc) is 2.27. The fraction of sp³-hybridized carbons (Fsp3) is 0.714. The number of nitrogens with zero attached hydrogens (tertiary/aromatic N) is 2. The van der Waals surface area contributed by atoms with E-state index in [1.54, 1.807) is 0 Å². The van der Waals surface area contributed by atoms with E-state index in [1.807, 2.05) is 12.4 Å². The zero-order chi connectivity index (χ0) is 12.4. The molecular formula is C14H24N2. The van der Waals surface area contributed by atoms with Crippen molar-refractivity contribution in [3.8, 4) is 0 Å². The van der Waals surface area contributed by atoms with Crippen LogP contribution in [0.15, 0.2) is 12.4 Å². The molecule has 1 aromatic rings. The molecular weight excluding hydrogens is 196 g/mol. The molecule has 1 aromatic heterocycles. The third-order valence-electron chi connectivity index (χ3n) is 3.62. The molecule has 2 nitrogen and oxygen atoms in total. The van der Waals surface area contributed by atoms with Gasteiger partial charge in [0.1, 0.15) is 5.82 Å². The van der Waals surface area contributed by atoms with Crippen LogP contribution < -0.4 is 0 Å². The topological polar surface area (TPSA) is 25.8 Å². The summed E-state index contributed by atoms with van der Waals surface area (Å²) in [5.41, 5.74) is 1.45. The van der Waals surface area contributed by atoms with E-state index in [9.17, 15) is 0 Å². The Labute approximate surface area is 99.5 Å². The second-order valence-electron chi connectivity index (χ2n) is 5.81. The number of aromatic nitrogens is 2. The van der Waals surface area contributed by atoms with E-state index in [1.165, 1.54) is 5.56 Å². The summed E-state index contributed by atoms with van der Waals surface area (Å²) in [5, 5.41) is 0. The van der Waals surface area contributed by atoms with Crippen LogP contribution in [-0.2, 0) is 10.8 Å². The van der Waals surface area contributed by atoms with Crippen molar-refractivity contribution in [3.63, 3.8) is 0 Å². The number of hydrogen-bond acceptors (Lipinski definition) is 2. The van der Waals surface area contributed by atoms with Gasteiger partial charge >= 0.3 is 0 Å². The van der Waals surface area contributed by atoms with Crippen LogP contribution in [0.2, 0.25) is 0 Å². The van der Waals surface area contributed by atoms with E-state index in [-0.39, 0.29) is 10.8 Å². The van der Waals surface area contributed by atoms with E-state index >= 15 is 0 Å². The third kappa shape index (κ3) is 2.60. The zero-order valence-electron chi connectivity index (χ0n) is 11.5. The number of hydrogen-bond donors (Lipinski definition) is 0. The molecule has 0 aliphatic rings. The summed E-state index contributed by atoms with van der Waals surface area (Å²) in [7, 11) is 0. The summed E-state index contributed by atoms with van der Waals surface area (Å²) >= 11 is 0. The van der Waals surface area contributed by atoms with Crippen LogP contribution in [0, 0.1) is 0 Å². The smallest absolute Gasteiger partial charge is 0.134 e. The van der Waals surface area contributed by atoms with Gasteiger partial charge in [-0.2, -0.15) is 0 Å². The molecule has 0 fully saturated rings. The van der Waals surface area contributed by atoms with Crippen LogP contribution >= 0.6 is 0 Å². The molecule has 0 spiro atoms. The monoisotopic (exact) mass is 220 g/mol. The number of rotatable bonds is 3. The minimum Gasteiger partial charge on any atom is -0.240 e. The first-order valence-corrected chi connectivity index (χ1v) is 6.16. The molecule has 16 heavy (non-hydrogen) atoms. The van der Waals surface area contributed by atoms with Gasteiger partial charge in [0.25, 0.3) is 0 Å². The lowest BCUT2D eigenvalue weighted by Crippen LogP contribution is -2.24. The lowest BCUT2D eigenvalue weighted by molar-refractivity contribution is 0.410. The van der Waals surface area contributed by atoms with E-state index < -0.39 is 0 Å². The van der Waals surface area contributed by atoms with E-state index in [4.69, 9.17) is 0 Å². The van der Waals surface area contributed by atoms with Crippen molar-refractivity contribution >= 4 is 0 Å². The van der Waals surface area contributed by atoms with E-state index in [0.717, 1.165) is 18.7 Å². The van der Waals surface area contributed by atoms with Gasteiger partial charge in [-0.05, 0) is 23.8 Å². The highest BCUT2D eigenvalue weighted by molar-refractivity contribution is 5.17. The molecule has 90 valence electrons. The molecule has 0 atom stereocenters. The molecule has 0 N–H and O–H groups in total. The van der Waals surface area contributed by atoms with Crippen molar-refractivity contribution in [3.05, 3.63) is 23.8 Å². The maximum atomic E-state index is 4.55. The van der Waals surface area contributed by atoms with Crippen molar-refractivity contribution in [1.82, 2.24) is 9.97 Å². The van der Waals surface area contributed by atoms with Gasteiger partial charge in [-0.25, -0.2) is 9.97 Å². The summed E-state index contributed by atoms with van der Waals surface area (Å²) in [6.45, 7) is 13.2. The Balaban J connectivity index is 3.04. The Kier molecular flexibility index (Phi) is 3.72. The van der Waals surface area contributed by atoms with Gasteiger partial charge in [0.2, 0.25) is 0 Å². The highest BCUT2D eigenvalue weighted by atomic mass is 14.9. The van der Waals surface area contributed by atoms with Crippen LogP contribution in [-0.4, -0.2) is 9.97 Å². The van der Waals surface area contributed by atoms with Gasteiger partial charge in [0, 0.05) is 17.8 Å². The van der Waals surface area contributed by atoms with E-state index in [0.29, 0.717) is 0 Å². The maximum Gasteiger partial charge on any atom is 0.134 e. The molecule has 2 heteroatoms. The van der Waals surface area contributed by atoms with Crippen molar-refractivity contribution in [2.45, 2.75) is 65.2 Å². The molecule has 0 aromatic carbocycles. The van der Waals surface area contributed by atoms with Crippen molar-refractivity contribution < 1.29 is 0 Å². The summed E-state index contributed by atoms with van der Waals surface area (Å²) in [4.78, 5) is 9.10. The molecule has 1 rings (SSSR count). The van der Waals surface area contributed by atoms with Gasteiger partial charge in [-0.1, -0.05) is 41.5 Å². The Hall–Kier alpha value is -0.920. The minimum absolute atomic E-state index is 0.121. The van der Waals surface area contributed by atoms with E-state index in [2.05, 4.69) is 51.5 Å². The first-order valence-electron chi connectivity index (χ1n) is 6.16. The largest absolute Gasteiger partial charge is 0.240 e. The molecule has 0 radical (unpaired) electrons. The summed E-state index contributed by atoms with van der Waals surface area (Å²) < 4.78 is 0. The highest BCUT2D eigenvalue weighted by Crippen LogP contribution is 2.29. The minimum atomic E-state index is 0.121. The lowest BCUT2D eigenvalue weighted by atomic mass is 9.83. The van der Waals surface area contributed by atoms with Crippen LogP contribution in [0.1, 0.15) is 65.8 Å². The first-order chi connectivity index (χ1) is 7.33. The average molecular weight is 220 g/mol.